The molecular formula is C21H23F2N3O3. The van der Waals surface area contributed by atoms with Crippen LogP contribution in [0, 0.1) is 19.3 Å². The Hall–Kier alpha value is -2.87. The van der Waals surface area contributed by atoms with Crippen LogP contribution in [0.15, 0.2) is 30.5 Å². The van der Waals surface area contributed by atoms with E-state index in [1.165, 1.54) is 10.6 Å². The lowest BCUT2D eigenvalue weighted by atomic mass is 9.70. The number of aliphatic hydroxyl groups is 1. The first-order valence-corrected chi connectivity index (χ1v) is 9.15. The molecule has 2 aromatic heterocycles. The van der Waals surface area contributed by atoms with Gasteiger partial charge in [0.1, 0.15) is 0 Å². The lowest BCUT2D eigenvalue weighted by Gasteiger charge is -2.33. The largest absolute Gasteiger partial charge is 0.481 e. The summed E-state index contributed by atoms with van der Waals surface area (Å²) in [5.74, 6) is -2.05. The van der Waals surface area contributed by atoms with Gasteiger partial charge in [-0.2, -0.15) is 0 Å². The van der Waals surface area contributed by atoms with Gasteiger partial charge in [-0.05, 0) is 61.6 Å². The molecule has 0 fully saturated rings. The molecule has 154 valence electrons. The van der Waals surface area contributed by atoms with E-state index >= 15 is 0 Å². The van der Waals surface area contributed by atoms with Crippen molar-refractivity contribution in [2.75, 3.05) is 0 Å². The van der Waals surface area contributed by atoms with Gasteiger partial charge in [0.05, 0.1) is 12.0 Å². The molecule has 0 aliphatic heterocycles. The smallest absolute Gasteiger partial charge is 0.310 e. The maximum Gasteiger partial charge on any atom is 0.310 e. The molecule has 0 aliphatic carbocycles. The summed E-state index contributed by atoms with van der Waals surface area (Å²) in [5.41, 5.74) is 2.61. The minimum Gasteiger partial charge on any atom is -0.481 e. The summed E-state index contributed by atoms with van der Waals surface area (Å²) >= 11 is 0. The fourth-order valence-electron chi connectivity index (χ4n) is 3.73. The van der Waals surface area contributed by atoms with Crippen molar-refractivity contribution in [3.63, 3.8) is 0 Å². The predicted molar refractivity (Wildman–Crippen MR) is 103 cm³/mol. The van der Waals surface area contributed by atoms with Crippen molar-refractivity contribution in [3.05, 3.63) is 64.1 Å². The zero-order valence-electron chi connectivity index (χ0n) is 16.6. The topological polar surface area (TPSA) is 87.7 Å². The molecule has 1 atom stereocenters. The molecule has 0 bridgehead atoms. The van der Waals surface area contributed by atoms with Crippen molar-refractivity contribution in [2.24, 2.45) is 5.41 Å². The van der Waals surface area contributed by atoms with E-state index < -0.39 is 29.6 Å². The van der Waals surface area contributed by atoms with Gasteiger partial charge in [-0.3, -0.25) is 9.20 Å². The van der Waals surface area contributed by atoms with E-state index in [9.17, 15) is 23.8 Å². The average Bonchev–Trinajstić information content (AvgIpc) is 3.10. The monoisotopic (exact) mass is 403 g/mol. The van der Waals surface area contributed by atoms with Gasteiger partial charge in [0.2, 0.25) is 5.82 Å². The highest BCUT2D eigenvalue weighted by Gasteiger charge is 2.40. The minimum atomic E-state index is -2.77. The maximum absolute atomic E-state index is 13.2. The van der Waals surface area contributed by atoms with Crippen LogP contribution >= 0.6 is 0 Å². The number of aryl methyl sites for hydroxylation is 2. The molecule has 0 radical (unpaired) electrons. The number of aliphatic carboxylic acids is 1. The van der Waals surface area contributed by atoms with Crippen LogP contribution in [0.25, 0.3) is 5.65 Å². The molecule has 2 N–H and O–H groups in total. The van der Waals surface area contributed by atoms with Gasteiger partial charge in [-0.1, -0.05) is 18.2 Å². The van der Waals surface area contributed by atoms with Crippen molar-refractivity contribution >= 4 is 11.6 Å². The molecule has 0 saturated carbocycles. The van der Waals surface area contributed by atoms with Crippen molar-refractivity contribution in [3.8, 4) is 0 Å². The molecule has 0 amide bonds. The van der Waals surface area contributed by atoms with Gasteiger partial charge in [0.15, 0.2) is 5.65 Å². The molecule has 8 heteroatoms. The molecule has 0 unspecified atom stereocenters. The fraction of sp³-hybridized carbons (Fsp3) is 0.381. The Kier molecular flexibility index (Phi) is 5.40. The molecule has 2 heterocycles. The summed E-state index contributed by atoms with van der Waals surface area (Å²) in [6, 6.07) is 7.11. The summed E-state index contributed by atoms with van der Waals surface area (Å²) in [6.45, 7) is 6.67. The number of rotatable bonds is 6. The number of halogens is 2. The molecule has 0 spiro atoms. The third-order valence-corrected chi connectivity index (χ3v) is 5.55. The standard InChI is InChI=1S/C21H23F2N3O3/c1-11-5-6-13(9-14(11)10-27)16(21(3,4)20(28)29)15-7-8-26-18(12(15)2)24-25-19(26)17(22)23/h5-9,16-17,27H,10H2,1-4H3,(H,28,29)/t16-/m0/s1. The van der Waals surface area contributed by atoms with Gasteiger partial charge in [-0.15, -0.1) is 10.2 Å². The van der Waals surface area contributed by atoms with E-state index in [0.717, 1.165) is 5.56 Å². The Bertz CT molecular complexity index is 1080. The lowest BCUT2D eigenvalue weighted by Crippen LogP contribution is -2.32. The SMILES string of the molecule is Cc1ccc([C@@H](c2ccn3c(C(F)F)nnc3c2C)C(C)(C)C(=O)O)cc1CO. The maximum atomic E-state index is 13.2. The van der Waals surface area contributed by atoms with Gasteiger partial charge in [-0.25, -0.2) is 8.78 Å². The van der Waals surface area contributed by atoms with Gasteiger partial charge < -0.3 is 10.2 Å². The highest BCUT2D eigenvalue weighted by Crippen LogP contribution is 2.43. The Morgan fingerprint density at radius 1 is 1.21 bits per heavy atom. The molecule has 29 heavy (non-hydrogen) atoms. The number of carboxylic acids is 1. The predicted octanol–water partition coefficient (Wildman–Crippen LogP) is 4.02. The van der Waals surface area contributed by atoms with E-state index in [1.807, 2.05) is 19.1 Å². The van der Waals surface area contributed by atoms with Crippen molar-refractivity contribution in [2.45, 2.75) is 46.6 Å². The van der Waals surface area contributed by atoms with Crippen LogP contribution < -0.4 is 0 Å². The molecule has 3 aromatic rings. The summed E-state index contributed by atoms with van der Waals surface area (Å²) in [7, 11) is 0. The van der Waals surface area contributed by atoms with Crippen LogP contribution in [0.3, 0.4) is 0 Å². The van der Waals surface area contributed by atoms with Crippen molar-refractivity contribution in [1.82, 2.24) is 14.6 Å². The van der Waals surface area contributed by atoms with Crippen molar-refractivity contribution in [1.29, 1.82) is 0 Å². The van der Waals surface area contributed by atoms with E-state index in [2.05, 4.69) is 10.2 Å². The number of nitrogens with zero attached hydrogens (tertiary/aromatic N) is 3. The van der Waals surface area contributed by atoms with Crippen LogP contribution in [-0.2, 0) is 11.4 Å². The number of pyridine rings is 1. The second kappa shape index (κ2) is 7.51. The third kappa shape index (κ3) is 3.48. The zero-order valence-corrected chi connectivity index (χ0v) is 16.6. The van der Waals surface area contributed by atoms with E-state index in [1.54, 1.807) is 32.9 Å². The molecule has 0 aliphatic rings. The molecule has 0 saturated heterocycles. The second-order valence-electron chi connectivity index (χ2n) is 7.75. The number of aromatic nitrogens is 3. The highest BCUT2D eigenvalue weighted by atomic mass is 19.3. The Morgan fingerprint density at radius 2 is 1.90 bits per heavy atom. The fourth-order valence-corrected chi connectivity index (χ4v) is 3.73. The first kappa shape index (κ1) is 20.9. The Balaban J connectivity index is 2.28. The van der Waals surface area contributed by atoms with Crippen LogP contribution in [0.5, 0.6) is 0 Å². The zero-order chi connectivity index (χ0) is 21.5. The normalized spacial score (nSPS) is 13.2. The van der Waals surface area contributed by atoms with Gasteiger partial charge >= 0.3 is 5.97 Å². The molecule has 3 rings (SSSR count). The second-order valence-corrected chi connectivity index (χ2v) is 7.75. The summed E-state index contributed by atoms with van der Waals surface area (Å²) in [6.07, 6.45) is -1.32. The van der Waals surface area contributed by atoms with Crippen LogP contribution in [0.4, 0.5) is 8.78 Å². The first-order chi connectivity index (χ1) is 13.6. The summed E-state index contributed by atoms with van der Waals surface area (Å²) in [4.78, 5) is 12.1. The number of carbonyl (C=O) groups is 1. The Labute approximate surface area is 166 Å². The van der Waals surface area contributed by atoms with Gasteiger partial charge in [0, 0.05) is 12.1 Å². The average molecular weight is 403 g/mol. The van der Waals surface area contributed by atoms with E-state index in [-0.39, 0.29) is 12.3 Å². The number of hydrogen-bond donors (Lipinski definition) is 2. The number of fused-ring (bicyclic) bond motifs is 1. The number of benzene rings is 1. The molecule has 1 aromatic carbocycles. The highest BCUT2D eigenvalue weighted by molar-refractivity contribution is 5.77. The van der Waals surface area contributed by atoms with Crippen LogP contribution in [0.2, 0.25) is 0 Å². The summed E-state index contributed by atoms with van der Waals surface area (Å²) in [5, 5.41) is 27.0. The summed E-state index contributed by atoms with van der Waals surface area (Å²) < 4.78 is 27.6. The van der Waals surface area contributed by atoms with Crippen LogP contribution in [0.1, 0.15) is 59.8 Å². The lowest BCUT2D eigenvalue weighted by molar-refractivity contribution is -0.147. The Morgan fingerprint density at radius 3 is 2.48 bits per heavy atom. The number of hydrogen-bond acceptors (Lipinski definition) is 4. The van der Waals surface area contributed by atoms with Crippen molar-refractivity contribution < 1.29 is 23.8 Å². The van der Waals surface area contributed by atoms with E-state index in [0.29, 0.717) is 22.3 Å². The minimum absolute atomic E-state index is 0.167. The quantitative estimate of drug-likeness (QED) is 0.649. The van der Waals surface area contributed by atoms with Gasteiger partial charge in [0.25, 0.3) is 6.43 Å². The third-order valence-electron chi connectivity index (χ3n) is 5.55. The number of carboxylic acid groups (broad SMARTS) is 1. The first-order valence-electron chi connectivity index (χ1n) is 9.15. The molecule has 6 nitrogen and oxygen atoms in total. The molecular weight excluding hydrogens is 380 g/mol. The van der Waals surface area contributed by atoms with E-state index in [4.69, 9.17) is 0 Å². The number of alkyl halides is 2. The number of aliphatic hydroxyl groups excluding tert-OH is 1. The van der Waals surface area contributed by atoms with Crippen LogP contribution in [-0.4, -0.2) is 30.8 Å².